The van der Waals surface area contributed by atoms with Gasteiger partial charge in [-0.25, -0.2) is 4.98 Å². The monoisotopic (exact) mass is 384 g/mol. The zero-order valence-electron chi connectivity index (χ0n) is 15.7. The Morgan fingerprint density at radius 3 is 2.78 bits per heavy atom. The van der Waals surface area contributed by atoms with Crippen LogP contribution >= 0.6 is 11.8 Å². The molecular weight excluding hydrogens is 360 g/mol. The van der Waals surface area contributed by atoms with Gasteiger partial charge in [-0.2, -0.15) is 4.98 Å². The highest BCUT2D eigenvalue weighted by molar-refractivity contribution is 7.98. The van der Waals surface area contributed by atoms with Crippen molar-refractivity contribution in [1.29, 1.82) is 0 Å². The SMILES string of the molecule is CC(C)Cc1nc(CSc2nc3ccccc3c(=O)n2C2CCCC2)no1. The molecule has 0 N–H and O–H groups in total. The van der Waals surface area contributed by atoms with E-state index in [1.54, 1.807) is 0 Å². The van der Waals surface area contributed by atoms with Gasteiger partial charge < -0.3 is 4.52 Å². The van der Waals surface area contributed by atoms with Gasteiger partial charge in [0, 0.05) is 12.5 Å². The van der Waals surface area contributed by atoms with Gasteiger partial charge in [0.15, 0.2) is 11.0 Å². The van der Waals surface area contributed by atoms with Gasteiger partial charge in [0.05, 0.1) is 16.7 Å². The van der Waals surface area contributed by atoms with E-state index in [0.29, 0.717) is 28.8 Å². The maximum absolute atomic E-state index is 13.1. The van der Waals surface area contributed by atoms with Crippen molar-refractivity contribution in [3.8, 4) is 0 Å². The molecule has 0 atom stereocenters. The molecule has 0 bridgehead atoms. The number of thioether (sulfide) groups is 1. The molecule has 0 aliphatic heterocycles. The molecule has 0 saturated heterocycles. The fourth-order valence-electron chi connectivity index (χ4n) is 3.62. The molecule has 2 heterocycles. The Morgan fingerprint density at radius 1 is 1.22 bits per heavy atom. The summed E-state index contributed by atoms with van der Waals surface area (Å²) in [5, 5.41) is 5.51. The lowest BCUT2D eigenvalue weighted by Gasteiger charge is -2.18. The highest BCUT2D eigenvalue weighted by Gasteiger charge is 2.23. The van der Waals surface area contributed by atoms with Crippen LogP contribution in [0, 0.1) is 5.92 Å². The van der Waals surface area contributed by atoms with Gasteiger partial charge >= 0.3 is 0 Å². The number of nitrogens with zero attached hydrogens (tertiary/aromatic N) is 4. The lowest BCUT2D eigenvalue weighted by molar-refractivity contribution is 0.360. The highest BCUT2D eigenvalue weighted by Crippen LogP contribution is 2.32. The van der Waals surface area contributed by atoms with Gasteiger partial charge in [0.2, 0.25) is 5.89 Å². The van der Waals surface area contributed by atoms with E-state index in [2.05, 4.69) is 24.0 Å². The first kappa shape index (κ1) is 18.2. The summed E-state index contributed by atoms with van der Waals surface area (Å²) in [6.07, 6.45) is 5.18. The van der Waals surface area contributed by atoms with E-state index in [1.807, 2.05) is 28.8 Å². The number of rotatable bonds is 6. The van der Waals surface area contributed by atoms with E-state index in [1.165, 1.54) is 11.8 Å². The van der Waals surface area contributed by atoms with E-state index in [9.17, 15) is 4.79 Å². The molecule has 3 aromatic rings. The Balaban J connectivity index is 1.64. The zero-order valence-corrected chi connectivity index (χ0v) is 16.5. The molecule has 1 aliphatic carbocycles. The molecular formula is C20H24N4O2S. The number of hydrogen-bond acceptors (Lipinski definition) is 6. The van der Waals surface area contributed by atoms with Gasteiger partial charge in [-0.15, -0.1) is 0 Å². The minimum atomic E-state index is 0.0589. The predicted octanol–water partition coefficient (Wildman–Crippen LogP) is 4.39. The molecule has 1 fully saturated rings. The number of para-hydroxylation sites is 1. The van der Waals surface area contributed by atoms with Crippen molar-refractivity contribution in [3.63, 3.8) is 0 Å². The Hall–Kier alpha value is -2.15. The Bertz CT molecular complexity index is 989. The Labute approximate surface area is 162 Å². The molecule has 7 heteroatoms. The molecule has 0 unspecified atom stereocenters. The van der Waals surface area contributed by atoms with Gasteiger partial charge in [-0.1, -0.05) is 55.7 Å². The molecule has 1 aromatic carbocycles. The summed E-state index contributed by atoms with van der Waals surface area (Å²) in [6.45, 7) is 4.25. The molecule has 142 valence electrons. The molecule has 0 amide bonds. The third-order valence-electron chi connectivity index (χ3n) is 4.89. The second kappa shape index (κ2) is 7.84. The summed E-state index contributed by atoms with van der Waals surface area (Å²) < 4.78 is 7.22. The smallest absolute Gasteiger partial charge is 0.262 e. The van der Waals surface area contributed by atoms with Crippen LogP contribution in [0.3, 0.4) is 0 Å². The van der Waals surface area contributed by atoms with Crippen molar-refractivity contribution in [2.24, 2.45) is 5.92 Å². The normalized spacial score (nSPS) is 15.2. The van der Waals surface area contributed by atoms with E-state index in [0.717, 1.165) is 42.8 Å². The third-order valence-corrected chi connectivity index (χ3v) is 5.84. The van der Waals surface area contributed by atoms with Crippen molar-refractivity contribution in [1.82, 2.24) is 19.7 Å². The van der Waals surface area contributed by atoms with E-state index < -0.39 is 0 Å². The molecule has 2 aromatic heterocycles. The molecule has 27 heavy (non-hydrogen) atoms. The third kappa shape index (κ3) is 3.93. The molecule has 1 saturated carbocycles. The Morgan fingerprint density at radius 2 is 2.00 bits per heavy atom. The topological polar surface area (TPSA) is 73.8 Å². The first-order valence-corrected chi connectivity index (χ1v) is 10.6. The van der Waals surface area contributed by atoms with Gasteiger partial charge in [-0.3, -0.25) is 9.36 Å². The lowest BCUT2D eigenvalue weighted by Crippen LogP contribution is -2.26. The van der Waals surface area contributed by atoms with Crippen LogP contribution in [-0.4, -0.2) is 19.7 Å². The van der Waals surface area contributed by atoms with Crippen LogP contribution < -0.4 is 5.56 Å². The number of benzene rings is 1. The lowest BCUT2D eigenvalue weighted by atomic mass is 10.1. The Kier molecular flexibility index (Phi) is 5.29. The number of hydrogen-bond donors (Lipinski definition) is 0. The average Bonchev–Trinajstić information content (AvgIpc) is 3.32. The molecule has 0 radical (unpaired) electrons. The van der Waals surface area contributed by atoms with Crippen LogP contribution in [0.2, 0.25) is 0 Å². The van der Waals surface area contributed by atoms with E-state index in [-0.39, 0.29) is 11.6 Å². The minimum absolute atomic E-state index is 0.0589. The predicted molar refractivity (Wildman–Crippen MR) is 106 cm³/mol. The van der Waals surface area contributed by atoms with Crippen LogP contribution in [-0.2, 0) is 12.2 Å². The summed E-state index contributed by atoms with van der Waals surface area (Å²) >= 11 is 1.52. The van der Waals surface area contributed by atoms with Crippen LogP contribution in [0.25, 0.3) is 10.9 Å². The standard InChI is InChI=1S/C20H24N4O2S/c1-13(2)11-18-22-17(23-26-18)12-27-20-21-16-10-6-5-9-15(16)19(25)24(20)14-7-3-4-8-14/h5-6,9-10,13-14H,3-4,7-8,11-12H2,1-2H3. The maximum atomic E-state index is 13.1. The molecule has 4 rings (SSSR count). The maximum Gasteiger partial charge on any atom is 0.262 e. The number of fused-ring (bicyclic) bond motifs is 1. The van der Waals surface area contributed by atoms with Crippen molar-refractivity contribution in [2.45, 2.75) is 62.9 Å². The highest BCUT2D eigenvalue weighted by atomic mass is 32.2. The van der Waals surface area contributed by atoms with Gasteiger partial charge in [0.1, 0.15) is 0 Å². The van der Waals surface area contributed by atoms with Crippen LogP contribution in [0.15, 0.2) is 38.7 Å². The fraction of sp³-hybridized carbons (Fsp3) is 0.500. The van der Waals surface area contributed by atoms with Crippen molar-refractivity contribution in [2.75, 3.05) is 0 Å². The van der Waals surface area contributed by atoms with Crippen molar-refractivity contribution >= 4 is 22.7 Å². The summed E-state index contributed by atoms with van der Waals surface area (Å²) in [5.41, 5.74) is 0.802. The van der Waals surface area contributed by atoms with Crippen LogP contribution in [0.5, 0.6) is 0 Å². The minimum Gasteiger partial charge on any atom is -0.339 e. The average molecular weight is 385 g/mol. The summed E-state index contributed by atoms with van der Waals surface area (Å²) in [5.74, 6) is 2.33. The molecule has 6 nitrogen and oxygen atoms in total. The van der Waals surface area contributed by atoms with Crippen LogP contribution in [0.1, 0.15) is 57.3 Å². The molecule has 0 spiro atoms. The summed E-state index contributed by atoms with van der Waals surface area (Å²) in [7, 11) is 0. The second-order valence-corrected chi connectivity index (χ2v) is 8.46. The second-order valence-electron chi connectivity index (χ2n) is 7.52. The van der Waals surface area contributed by atoms with Gasteiger partial charge in [0.25, 0.3) is 5.56 Å². The van der Waals surface area contributed by atoms with Crippen molar-refractivity contribution in [3.05, 3.63) is 46.3 Å². The van der Waals surface area contributed by atoms with E-state index >= 15 is 0 Å². The summed E-state index contributed by atoms with van der Waals surface area (Å²) in [4.78, 5) is 22.4. The van der Waals surface area contributed by atoms with Crippen molar-refractivity contribution < 1.29 is 4.52 Å². The first-order valence-electron chi connectivity index (χ1n) is 9.57. The summed E-state index contributed by atoms with van der Waals surface area (Å²) in [6, 6.07) is 7.81. The quantitative estimate of drug-likeness (QED) is 0.464. The van der Waals surface area contributed by atoms with E-state index in [4.69, 9.17) is 9.51 Å². The largest absolute Gasteiger partial charge is 0.339 e. The van der Waals surface area contributed by atoms with Crippen LogP contribution in [0.4, 0.5) is 0 Å². The van der Waals surface area contributed by atoms with Gasteiger partial charge in [-0.05, 0) is 30.9 Å². The zero-order chi connectivity index (χ0) is 18.8. The fourth-order valence-corrected chi connectivity index (χ4v) is 4.53. The first-order chi connectivity index (χ1) is 13.1. The number of aromatic nitrogens is 4. The molecule has 1 aliphatic rings.